The van der Waals surface area contributed by atoms with Crippen LogP contribution in [0, 0.1) is 5.92 Å². The fourth-order valence-corrected chi connectivity index (χ4v) is 2.98. The van der Waals surface area contributed by atoms with Crippen molar-refractivity contribution in [2.24, 2.45) is 5.92 Å². The second kappa shape index (κ2) is 14.7. The quantitative estimate of drug-likeness (QED) is 0.299. The Morgan fingerprint density at radius 1 is 0.875 bits per heavy atom. The van der Waals surface area contributed by atoms with E-state index in [1.165, 1.54) is 25.7 Å². The fraction of sp³-hybridized carbons (Fsp3) is 0.947. The number of carbonyl (C=O) groups is 1. The normalized spacial score (nSPS) is 13.2. The van der Waals surface area contributed by atoms with E-state index in [4.69, 9.17) is 14.2 Å². The van der Waals surface area contributed by atoms with Crippen molar-refractivity contribution in [3.8, 4) is 0 Å². The molecule has 5 nitrogen and oxygen atoms in total. The maximum Gasteiger partial charge on any atom is 0.199 e. The van der Waals surface area contributed by atoms with Gasteiger partial charge >= 0.3 is 0 Å². The van der Waals surface area contributed by atoms with Crippen molar-refractivity contribution in [2.45, 2.75) is 84.8 Å². The zero-order chi connectivity index (χ0) is 18.3. The van der Waals surface area contributed by atoms with Gasteiger partial charge in [0.05, 0.1) is 5.92 Å². The smallest absolute Gasteiger partial charge is 0.199 e. The van der Waals surface area contributed by atoms with E-state index in [-0.39, 0.29) is 6.61 Å². The second-order valence-corrected chi connectivity index (χ2v) is 6.10. The van der Waals surface area contributed by atoms with Crippen LogP contribution < -0.4 is 5.11 Å². The van der Waals surface area contributed by atoms with Crippen LogP contribution in [0.4, 0.5) is 0 Å². The number of carbonyl (C=O) groups excluding carboxylic acids is 1. The first-order valence-electron chi connectivity index (χ1n) is 9.64. The molecular weight excluding hydrogens is 308 g/mol. The molecule has 0 N–H and O–H groups in total. The fourth-order valence-electron chi connectivity index (χ4n) is 2.98. The first-order valence-corrected chi connectivity index (χ1v) is 9.64. The van der Waals surface area contributed by atoms with Crippen LogP contribution in [0.5, 0.6) is 0 Å². The molecule has 0 bridgehead atoms. The predicted octanol–water partition coefficient (Wildman–Crippen LogP) is 3.30. The Hall–Kier alpha value is -0.650. The van der Waals surface area contributed by atoms with Gasteiger partial charge in [0.25, 0.3) is 0 Å². The number of hydrogen-bond acceptors (Lipinski definition) is 5. The van der Waals surface area contributed by atoms with Crippen LogP contribution in [-0.4, -0.2) is 38.2 Å². The molecule has 24 heavy (non-hydrogen) atoms. The van der Waals surface area contributed by atoms with Crippen molar-refractivity contribution in [3.63, 3.8) is 0 Å². The number of unbranched alkanes of at least 4 members (excludes halogenated alkanes) is 6. The molecule has 0 heterocycles. The van der Waals surface area contributed by atoms with Gasteiger partial charge in [0.15, 0.2) is 5.79 Å². The largest absolute Gasteiger partial charge is 0.550 e. The third-order valence-corrected chi connectivity index (χ3v) is 4.20. The number of ether oxygens (including phenoxy) is 3. The van der Waals surface area contributed by atoms with Gasteiger partial charge in [-0.25, -0.2) is 0 Å². The lowest BCUT2D eigenvalue weighted by Crippen LogP contribution is -2.54. The summed E-state index contributed by atoms with van der Waals surface area (Å²) >= 11 is 0. The van der Waals surface area contributed by atoms with Gasteiger partial charge in [-0.15, -0.1) is 0 Å². The van der Waals surface area contributed by atoms with Crippen molar-refractivity contribution in [2.75, 3.05) is 26.4 Å². The van der Waals surface area contributed by atoms with Crippen molar-refractivity contribution in [1.29, 1.82) is 0 Å². The molecule has 0 spiro atoms. The van der Waals surface area contributed by atoms with Crippen LogP contribution in [0.15, 0.2) is 0 Å². The van der Waals surface area contributed by atoms with E-state index < -0.39 is 17.7 Å². The highest BCUT2D eigenvalue weighted by Crippen LogP contribution is 2.29. The molecule has 0 aliphatic carbocycles. The highest BCUT2D eigenvalue weighted by Gasteiger charge is 2.41. The summed E-state index contributed by atoms with van der Waals surface area (Å²) in [7, 11) is 0. The Morgan fingerprint density at radius 2 is 1.42 bits per heavy atom. The Labute approximate surface area is 148 Å². The van der Waals surface area contributed by atoms with E-state index in [0.717, 1.165) is 19.3 Å². The van der Waals surface area contributed by atoms with Gasteiger partial charge < -0.3 is 24.1 Å². The highest BCUT2D eigenvalue weighted by atomic mass is 16.7. The third kappa shape index (κ3) is 9.00. The van der Waals surface area contributed by atoms with E-state index in [0.29, 0.717) is 26.2 Å². The molecule has 0 radical (unpaired) electrons. The van der Waals surface area contributed by atoms with Crippen LogP contribution in [0.25, 0.3) is 0 Å². The van der Waals surface area contributed by atoms with Crippen LogP contribution in [0.3, 0.4) is 0 Å². The molecule has 0 aliphatic heterocycles. The Kier molecular flexibility index (Phi) is 14.3. The predicted molar refractivity (Wildman–Crippen MR) is 93.6 cm³/mol. The molecule has 0 saturated carbocycles. The average Bonchev–Trinajstić information content (AvgIpc) is 2.55. The maximum atomic E-state index is 11.7. The van der Waals surface area contributed by atoms with Crippen LogP contribution in [0.2, 0.25) is 0 Å². The van der Waals surface area contributed by atoms with Gasteiger partial charge in [-0.2, -0.15) is 0 Å². The topological polar surface area (TPSA) is 67.8 Å². The molecule has 0 aromatic heterocycles. The monoisotopic (exact) mass is 345 g/mol. The SMILES string of the molecule is CCCCCCCCCC(C(=O)[O-])C(COCC)(OCC)OCC. The van der Waals surface area contributed by atoms with Crippen molar-refractivity contribution in [3.05, 3.63) is 0 Å². The van der Waals surface area contributed by atoms with Gasteiger partial charge in [0, 0.05) is 25.8 Å². The summed E-state index contributed by atoms with van der Waals surface area (Å²) in [6.45, 7) is 9.07. The lowest BCUT2D eigenvalue weighted by Gasteiger charge is -2.40. The van der Waals surface area contributed by atoms with E-state index in [1.54, 1.807) is 0 Å². The molecule has 0 fully saturated rings. The average molecular weight is 346 g/mol. The molecule has 0 aromatic carbocycles. The summed E-state index contributed by atoms with van der Waals surface area (Å²) in [5.74, 6) is -3.19. The van der Waals surface area contributed by atoms with E-state index in [9.17, 15) is 9.90 Å². The number of hydrogen-bond donors (Lipinski definition) is 0. The minimum absolute atomic E-state index is 0.111. The lowest BCUT2D eigenvalue weighted by atomic mass is 9.91. The van der Waals surface area contributed by atoms with Crippen LogP contribution >= 0.6 is 0 Å². The second-order valence-electron chi connectivity index (χ2n) is 6.10. The summed E-state index contributed by atoms with van der Waals surface area (Å²) < 4.78 is 16.9. The molecular formula is C19H37O5-. The summed E-state index contributed by atoms with van der Waals surface area (Å²) in [5.41, 5.74) is 0. The number of rotatable bonds is 17. The Morgan fingerprint density at radius 3 is 1.88 bits per heavy atom. The highest BCUT2D eigenvalue weighted by molar-refractivity contribution is 5.69. The molecule has 0 saturated heterocycles. The van der Waals surface area contributed by atoms with Crippen molar-refractivity contribution < 1.29 is 24.1 Å². The van der Waals surface area contributed by atoms with E-state index in [2.05, 4.69) is 6.92 Å². The molecule has 0 aromatic rings. The van der Waals surface area contributed by atoms with E-state index in [1.807, 2.05) is 20.8 Å². The van der Waals surface area contributed by atoms with Gasteiger partial charge in [0.1, 0.15) is 6.61 Å². The first-order chi connectivity index (χ1) is 11.6. The van der Waals surface area contributed by atoms with Gasteiger partial charge in [-0.05, 0) is 27.2 Å². The van der Waals surface area contributed by atoms with Gasteiger partial charge in [-0.3, -0.25) is 0 Å². The Bertz CT molecular complexity index is 300. The number of carboxylic acids is 1. The van der Waals surface area contributed by atoms with E-state index >= 15 is 0 Å². The molecule has 0 rings (SSSR count). The summed E-state index contributed by atoms with van der Waals surface area (Å²) in [6.07, 6.45) is 8.46. The number of carboxylic acid groups (broad SMARTS) is 1. The van der Waals surface area contributed by atoms with Crippen LogP contribution in [0.1, 0.15) is 79.1 Å². The first kappa shape index (κ1) is 23.4. The van der Waals surface area contributed by atoms with Crippen molar-refractivity contribution in [1.82, 2.24) is 0 Å². The summed E-state index contributed by atoms with van der Waals surface area (Å²) in [6, 6.07) is 0. The summed E-state index contributed by atoms with van der Waals surface area (Å²) in [5, 5.41) is 11.7. The zero-order valence-corrected chi connectivity index (χ0v) is 16.1. The third-order valence-electron chi connectivity index (χ3n) is 4.20. The molecule has 1 unspecified atom stereocenters. The molecule has 144 valence electrons. The van der Waals surface area contributed by atoms with Gasteiger partial charge in [0.2, 0.25) is 0 Å². The summed E-state index contributed by atoms with van der Waals surface area (Å²) in [4.78, 5) is 11.7. The molecule has 0 aliphatic rings. The standard InChI is InChI=1S/C19H38O5/c1-5-9-10-11-12-13-14-15-17(18(20)21)19(23-7-3,24-8-4)16-22-6-2/h17H,5-16H2,1-4H3,(H,20,21)/p-1. The molecule has 0 amide bonds. The maximum absolute atomic E-state index is 11.7. The minimum Gasteiger partial charge on any atom is -0.550 e. The lowest BCUT2D eigenvalue weighted by molar-refractivity contribution is -0.343. The Balaban J connectivity index is 4.69. The van der Waals surface area contributed by atoms with Crippen LogP contribution in [-0.2, 0) is 19.0 Å². The zero-order valence-electron chi connectivity index (χ0n) is 16.1. The number of aliphatic carboxylic acids is 1. The van der Waals surface area contributed by atoms with Gasteiger partial charge in [-0.1, -0.05) is 51.9 Å². The molecule has 1 atom stereocenters. The minimum atomic E-state index is -1.25. The van der Waals surface area contributed by atoms with Crippen molar-refractivity contribution >= 4 is 5.97 Å². The molecule has 5 heteroatoms.